The summed E-state index contributed by atoms with van der Waals surface area (Å²) in [7, 11) is 1.02. The van der Waals surface area contributed by atoms with Crippen LogP contribution in [0, 0.1) is 0 Å². The van der Waals surface area contributed by atoms with Crippen molar-refractivity contribution in [1.29, 1.82) is 0 Å². The normalized spacial score (nSPS) is 11.8. The molecule has 1 aromatic rings. The largest absolute Gasteiger partial charge is 0.495 e. The molecular weight excluding hydrogens is 296 g/mol. The number of hydrazine groups is 1. The number of rotatable bonds is 4. The van der Waals surface area contributed by atoms with Gasteiger partial charge in [0.25, 0.3) is 10.0 Å². The highest BCUT2D eigenvalue weighted by atomic mass is 79.9. The van der Waals surface area contributed by atoms with Gasteiger partial charge in [-0.1, -0.05) is 15.9 Å². The van der Waals surface area contributed by atoms with E-state index in [0.717, 1.165) is 0 Å². The average molecular weight is 309 g/mol. The maximum atomic E-state index is 11.9. The predicted octanol–water partition coefficient (Wildman–Crippen LogP) is 1.21. The van der Waals surface area contributed by atoms with Crippen molar-refractivity contribution < 1.29 is 13.2 Å². The lowest BCUT2D eigenvalue weighted by molar-refractivity contribution is 0.360. The summed E-state index contributed by atoms with van der Waals surface area (Å²) in [5.41, 5.74) is 0. The highest BCUT2D eigenvalue weighted by Gasteiger charge is 2.20. The topological polar surface area (TPSA) is 58.6 Å². The van der Waals surface area contributed by atoms with Gasteiger partial charge in [0.05, 0.1) is 7.11 Å². The second-order valence-corrected chi connectivity index (χ2v) is 5.83. The molecule has 0 amide bonds. The molecule has 1 N–H and O–H groups in total. The highest BCUT2D eigenvalue weighted by molar-refractivity contribution is 9.10. The van der Waals surface area contributed by atoms with E-state index in [1.54, 1.807) is 26.2 Å². The lowest BCUT2D eigenvalue weighted by atomic mass is 10.3. The third-order valence-electron chi connectivity index (χ3n) is 1.72. The Morgan fingerprint density at radius 1 is 1.38 bits per heavy atom. The van der Waals surface area contributed by atoms with Gasteiger partial charge in [-0.3, -0.25) is 0 Å². The third-order valence-corrected chi connectivity index (χ3v) is 3.71. The number of ether oxygens (including phenoxy) is 1. The van der Waals surface area contributed by atoms with Crippen LogP contribution >= 0.6 is 15.9 Å². The number of sulfonamides is 1. The number of nitrogens with one attached hydrogen (secondary N) is 1. The molecule has 0 radical (unpaired) electrons. The average Bonchev–Trinajstić information content (AvgIpc) is 2.15. The summed E-state index contributed by atoms with van der Waals surface area (Å²) in [5, 5.41) is 1.36. The molecule has 0 unspecified atom stereocenters. The Hall–Kier alpha value is -0.630. The van der Waals surface area contributed by atoms with E-state index >= 15 is 0 Å². The fraction of sp³-hybridized carbons (Fsp3) is 0.333. The van der Waals surface area contributed by atoms with Gasteiger partial charge < -0.3 is 4.74 Å². The molecule has 0 aliphatic heterocycles. The molecule has 0 aliphatic carbocycles. The molecule has 0 aliphatic rings. The zero-order valence-electron chi connectivity index (χ0n) is 9.19. The van der Waals surface area contributed by atoms with Gasteiger partial charge in [0.15, 0.2) is 0 Å². The first-order valence-corrected chi connectivity index (χ1v) is 6.68. The molecule has 1 rings (SSSR count). The van der Waals surface area contributed by atoms with Crippen LogP contribution in [-0.4, -0.2) is 34.6 Å². The summed E-state index contributed by atoms with van der Waals surface area (Å²) >= 11 is 3.22. The number of halogens is 1. The Morgan fingerprint density at radius 2 is 2.00 bits per heavy atom. The minimum Gasteiger partial charge on any atom is -0.495 e. The highest BCUT2D eigenvalue weighted by Crippen LogP contribution is 2.26. The van der Waals surface area contributed by atoms with Gasteiger partial charge in [-0.25, -0.2) is 13.4 Å². The van der Waals surface area contributed by atoms with E-state index in [-0.39, 0.29) is 4.90 Å². The van der Waals surface area contributed by atoms with Crippen molar-refractivity contribution in [3.8, 4) is 5.75 Å². The van der Waals surface area contributed by atoms with E-state index in [1.165, 1.54) is 18.2 Å². The van der Waals surface area contributed by atoms with E-state index in [0.29, 0.717) is 10.2 Å². The van der Waals surface area contributed by atoms with Crippen LogP contribution in [0.2, 0.25) is 0 Å². The van der Waals surface area contributed by atoms with Gasteiger partial charge in [-0.05, 0) is 18.2 Å². The van der Waals surface area contributed by atoms with Crippen molar-refractivity contribution in [1.82, 2.24) is 9.84 Å². The first kappa shape index (κ1) is 13.4. The summed E-state index contributed by atoms with van der Waals surface area (Å²) < 4.78 is 29.5. The molecule has 0 aromatic heterocycles. The van der Waals surface area contributed by atoms with Gasteiger partial charge in [0, 0.05) is 18.6 Å². The number of benzene rings is 1. The Bertz CT molecular complexity index is 474. The van der Waals surface area contributed by atoms with E-state index in [9.17, 15) is 8.42 Å². The molecule has 1 aromatic carbocycles. The van der Waals surface area contributed by atoms with Crippen LogP contribution in [0.1, 0.15) is 0 Å². The summed E-state index contributed by atoms with van der Waals surface area (Å²) in [5.74, 6) is 0.303. The fourth-order valence-electron chi connectivity index (χ4n) is 1.15. The number of hydrogen-bond donors (Lipinski definition) is 1. The van der Waals surface area contributed by atoms with Crippen molar-refractivity contribution in [2.75, 3.05) is 21.2 Å². The van der Waals surface area contributed by atoms with Crippen LogP contribution in [-0.2, 0) is 10.0 Å². The zero-order valence-corrected chi connectivity index (χ0v) is 11.6. The fourth-order valence-corrected chi connectivity index (χ4v) is 2.94. The number of nitrogens with zero attached hydrogens (tertiary/aromatic N) is 1. The van der Waals surface area contributed by atoms with E-state index in [4.69, 9.17) is 4.74 Å². The standard InChI is InChI=1S/C9H13BrN2O3S/c1-12(2)11-16(13,14)9-6-7(10)4-5-8(9)15-3/h4-6,11H,1-3H3. The molecule has 0 atom stereocenters. The van der Waals surface area contributed by atoms with Crippen molar-refractivity contribution >= 4 is 26.0 Å². The number of hydrogen-bond acceptors (Lipinski definition) is 4. The Kier molecular flexibility index (Phi) is 4.31. The van der Waals surface area contributed by atoms with Crippen LogP contribution in [0.3, 0.4) is 0 Å². The lowest BCUT2D eigenvalue weighted by Gasteiger charge is -2.14. The quantitative estimate of drug-likeness (QED) is 0.850. The van der Waals surface area contributed by atoms with Crippen molar-refractivity contribution in [3.05, 3.63) is 22.7 Å². The summed E-state index contributed by atoms with van der Waals surface area (Å²) in [6, 6.07) is 4.80. The molecule has 7 heteroatoms. The van der Waals surface area contributed by atoms with Gasteiger partial charge in [0.1, 0.15) is 10.6 Å². The smallest absolute Gasteiger partial charge is 0.257 e. The second kappa shape index (κ2) is 5.13. The van der Waals surface area contributed by atoms with Gasteiger partial charge in [0.2, 0.25) is 0 Å². The van der Waals surface area contributed by atoms with E-state index < -0.39 is 10.0 Å². The second-order valence-electron chi connectivity index (χ2n) is 3.28. The van der Waals surface area contributed by atoms with Gasteiger partial charge in [-0.15, -0.1) is 4.83 Å². The predicted molar refractivity (Wildman–Crippen MR) is 64.7 cm³/mol. The maximum absolute atomic E-state index is 11.9. The Morgan fingerprint density at radius 3 is 2.50 bits per heavy atom. The molecule has 5 nitrogen and oxygen atoms in total. The minimum absolute atomic E-state index is 0.0954. The van der Waals surface area contributed by atoms with Gasteiger partial charge in [-0.2, -0.15) is 0 Å². The first-order valence-electron chi connectivity index (χ1n) is 4.40. The van der Waals surface area contributed by atoms with Crippen LogP contribution < -0.4 is 9.57 Å². The molecule has 90 valence electrons. The van der Waals surface area contributed by atoms with Gasteiger partial charge >= 0.3 is 0 Å². The minimum atomic E-state index is -3.60. The van der Waals surface area contributed by atoms with E-state index in [1.807, 2.05) is 0 Å². The molecule has 0 bridgehead atoms. The Balaban J connectivity index is 3.25. The molecular formula is C9H13BrN2O3S. The molecule has 0 heterocycles. The van der Waals surface area contributed by atoms with Crippen LogP contribution in [0.4, 0.5) is 0 Å². The molecule has 0 saturated carbocycles. The Labute approximate surface area is 104 Å². The van der Waals surface area contributed by atoms with Crippen LogP contribution in [0.15, 0.2) is 27.6 Å². The number of methoxy groups -OCH3 is 1. The van der Waals surface area contributed by atoms with Crippen molar-refractivity contribution in [3.63, 3.8) is 0 Å². The zero-order chi connectivity index (χ0) is 12.3. The lowest BCUT2D eigenvalue weighted by Crippen LogP contribution is -2.36. The third kappa shape index (κ3) is 3.18. The summed E-state index contributed by atoms with van der Waals surface area (Å²) in [4.78, 5) is 2.44. The molecule has 0 fully saturated rings. The van der Waals surface area contributed by atoms with Crippen molar-refractivity contribution in [2.45, 2.75) is 4.90 Å². The SMILES string of the molecule is COc1ccc(Br)cc1S(=O)(=O)NN(C)C. The molecule has 16 heavy (non-hydrogen) atoms. The summed E-state index contributed by atoms with van der Waals surface area (Å²) in [6.45, 7) is 0. The van der Waals surface area contributed by atoms with Crippen LogP contribution in [0.5, 0.6) is 5.75 Å². The first-order chi connectivity index (χ1) is 7.36. The molecule has 0 spiro atoms. The molecule has 0 saturated heterocycles. The van der Waals surface area contributed by atoms with E-state index in [2.05, 4.69) is 20.8 Å². The van der Waals surface area contributed by atoms with Crippen LogP contribution in [0.25, 0.3) is 0 Å². The monoisotopic (exact) mass is 308 g/mol. The summed E-state index contributed by atoms with van der Waals surface area (Å²) in [6.07, 6.45) is 0. The maximum Gasteiger partial charge on any atom is 0.257 e. The van der Waals surface area contributed by atoms with Crippen molar-refractivity contribution in [2.24, 2.45) is 0 Å².